The smallest absolute Gasteiger partial charge is 0.307 e. The number of hydrogen-bond donors (Lipinski definition) is 0. The molecule has 1 aromatic rings. The van der Waals surface area contributed by atoms with Crippen LogP contribution in [0.4, 0.5) is 10.1 Å². The van der Waals surface area contributed by atoms with Crippen molar-refractivity contribution in [2.24, 2.45) is 0 Å². The summed E-state index contributed by atoms with van der Waals surface area (Å²) in [7, 11) is 2.88. The van der Waals surface area contributed by atoms with Crippen molar-refractivity contribution in [1.82, 2.24) is 0 Å². The summed E-state index contributed by atoms with van der Waals surface area (Å²) in [6.45, 7) is 1.30. The Morgan fingerprint density at radius 2 is 2.15 bits per heavy atom. The molecule has 1 aromatic carbocycles. The van der Waals surface area contributed by atoms with Crippen LogP contribution in [0.25, 0.3) is 0 Å². The lowest BCUT2D eigenvalue weighted by Crippen LogP contribution is -2.30. The number of nitrogens with zero attached hydrogens (tertiary/aromatic N) is 2. The molecule has 0 fully saturated rings. The van der Waals surface area contributed by atoms with Crippen LogP contribution in [0.3, 0.4) is 0 Å². The fourth-order valence-corrected chi connectivity index (χ4v) is 1.76. The molecule has 0 atom stereocenters. The van der Waals surface area contributed by atoms with Gasteiger partial charge in [0.25, 0.3) is 0 Å². The molecule has 1 rings (SSSR count). The fraction of sp³-hybridized carbons (Fsp3) is 0.429. The van der Waals surface area contributed by atoms with E-state index >= 15 is 0 Å². The molecule has 6 heteroatoms. The number of benzene rings is 1. The molecule has 0 N–H and O–H groups in total. The van der Waals surface area contributed by atoms with Gasteiger partial charge >= 0.3 is 5.97 Å². The zero-order valence-corrected chi connectivity index (χ0v) is 11.6. The average Bonchev–Trinajstić information content (AvgIpc) is 2.47. The summed E-state index contributed by atoms with van der Waals surface area (Å²) >= 11 is 0. The maximum atomic E-state index is 13.1. The Kier molecular flexibility index (Phi) is 6.47. The van der Waals surface area contributed by atoms with E-state index in [4.69, 9.17) is 10.00 Å². The van der Waals surface area contributed by atoms with Crippen molar-refractivity contribution < 1.29 is 18.7 Å². The molecule has 108 valence electrons. The van der Waals surface area contributed by atoms with Crippen molar-refractivity contribution in [3.8, 4) is 6.07 Å². The van der Waals surface area contributed by atoms with E-state index in [9.17, 15) is 9.18 Å². The number of carbonyl (C=O) groups is 1. The second-order valence-electron chi connectivity index (χ2n) is 4.08. The van der Waals surface area contributed by atoms with E-state index in [0.717, 1.165) is 0 Å². The average molecular weight is 280 g/mol. The molecule has 0 saturated heterocycles. The molecule has 0 radical (unpaired) electrons. The maximum absolute atomic E-state index is 13.1. The minimum Gasteiger partial charge on any atom is -0.469 e. The third-order valence-corrected chi connectivity index (χ3v) is 2.80. The van der Waals surface area contributed by atoms with Gasteiger partial charge in [-0.1, -0.05) is 0 Å². The van der Waals surface area contributed by atoms with Gasteiger partial charge in [-0.15, -0.1) is 0 Å². The van der Waals surface area contributed by atoms with Gasteiger partial charge < -0.3 is 14.4 Å². The van der Waals surface area contributed by atoms with Crippen LogP contribution in [0.2, 0.25) is 0 Å². The molecule has 5 nitrogen and oxygen atoms in total. The van der Waals surface area contributed by atoms with Gasteiger partial charge in [0.15, 0.2) is 0 Å². The molecule has 0 spiro atoms. The number of rotatable bonds is 7. The second kappa shape index (κ2) is 8.12. The summed E-state index contributed by atoms with van der Waals surface area (Å²) < 4.78 is 22.8. The van der Waals surface area contributed by atoms with Crippen LogP contribution in [0.1, 0.15) is 12.0 Å². The minimum absolute atomic E-state index is 0.183. The Morgan fingerprint density at radius 1 is 1.40 bits per heavy atom. The fourth-order valence-electron chi connectivity index (χ4n) is 1.76. The summed E-state index contributed by atoms with van der Waals surface area (Å²) in [6, 6.07) is 5.94. The van der Waals surface area contributed by atoms with Gasteiger partial charge in [0.2, 0.25) is 0 Å². The molecular formula is C14H17FN2O3. The number of ether oxygens (including phenoxy) is 2. The Labute approximate surface area is 117 Å². The van der Waals surface area contributed by atoms with E-state index in [-0.39, 0.29) is 18.0 Å². The normalized spacial score (nSPS) is 9.90. The zero-order chi connectivity index (χ0) is 15.0. The van der Waals surface area contributed by atoms with Crippen LogP contribution in [0.5, 0.6) is 0 Å². The van der Waals surface area contributed by atoms with Crippen molar-refractivity contribution in [3.05, 3.63) is 29.6 Å². The van der Waals surface area contributed by atoms with Crippen LogP contribution in [-0.2, 0) is 14.3 Å². The van der Waals surface area contributed by atoms with Crippen molar-refractivity contribution in [2.75, 3.05) is 38.8 Å². The van der Waals surface area contributed by atoms with Crippen LogP contribution < -0.4 is 4.90 Å². The quantitative estimate of drug-likeness (QED) is 0.712. The van der Waals surface area contributed by atoms with Gasteiger partial charge in [0.1, 0.15) is 11.9 Å². The first-order valence-electron chi connectivity index (χ1n) is 6.12. The monoisotopic (exact) mass is 280 g/mol. The molecule has 0 unspecified atom stereocenters. The van der Waals surface area contributed by atoms with Gasteiger partial charge in [-0.3, -0.25) is 4.79 Å². The summed E-state index contributed by atoms with van der Waals surface area (Å²) in [6.07, 6.45) is 0.183. The first kappa shape index (κ1) is 15.9. The third-order valence-electron chi connectivity index (χ3n) is 2.80. The predicted octanol–water partition coefficient (Wildman–Crippen LogP) is 1.71. The van der Waals surface area contributed by atoms with E-state index in [2.05, 4.69) is 4.74 Å². The van der Waals surface area contributed by atoms with E-state index in [1.165, 1.54) is 25.3 Å². The van der Waals surface area contributed by atoms with E-state index < -0.39 is 5.82 Å². The standard InChI is InChI=1S/C14H17FN2O3/c1-19-8-7-17(6-5-14(18)20-2)13-4-3-12(15)9-11(13)10-16/h3-4,9H,5-8H2,1-2H3. The molecule has 20 heavy (non-hydrogen) atoms. The zero-order valence-electron chi connectivity index (χ0n) is 11.6. The summed E-state index contributed by atoms with van der Waals surface area (Å²) in [4.78, 5) is 13.0. The van der Waals surface area contributed by atoms with Crippen LogP contribution >= 0.6 is 0 Å². The van der Waals surface area contributed by atoms with Crippen LogP contribution in [-0.4, -0.2) is 39.9 Å². The molecule has 0 aliphatic rings. The lowest BCUT2D eigenvalue weighted by Gasteiger charge is -2.25. The lowest BCUT2D eigenvalue weighted by atomic mass is 10.1. The highest BCUT2D eigenvalue weighted by Gasteiger charge is 2.14. The molecule has 0 amide bonds. The van der Waals surface area contributed by atoms with Gasteiger partial charge in [-0.2, -0.15) is 5.26 Å². The van der Waals surface area contributed by atoms with Crippen molar-refractivity contribution in [2.45, 2.75) is 6.42 Å². The molecule has 0 aliphatic carbocycles. The topological polar surface area (TPSA) is 62.6 Å². The number of halogens is 1. The summed E-state index contributed by atoms with van der Waals surface area (Å²) in [5, 5.41) is 9.07. The molecule has 0 aromatic heterocycles. The van der Waals surface area contributed by atoms with Crippen molar-refractivity contribution in [3.63, 3.8) is 0 Å². The predicted molar refractivity (Wildman–Crippen MR) is 71.8 cm³/mol. The Hall–Kier alpha value is -2.13. The molecule has 0 heterocycles. The minimum atomic E-state index is -0.468. The number of anilines is 1. The van der Waals surface area contributed by atoms with E-state index in [1.54, 1.807) is 12.0 Å². The number of esters is 1. The van der Waals surface area contributed by atoms with Gasteiger partial charge in [-0.05, 0) is 18.2 Å². The first-order chi connectivity index (χ1) is 9.62. The second-order valence-corrected chi connectivity index (χ2v) is 4.08. The largest absolute Gasteiger partial charge is 0.469 e. The number of carbonyl (C=O) groups excluding carboxylic acids is 1. The highest BCUT2D eigenvalue weighted by molar-refractivity contribution is 5.70. The first-order valence-corrected chi connectivity index (χ1v) is 6.12. The van der Waals surface area contributed by atoms with Crippen LogP contribution in [0.15, 0.2) is 18.2 Å². The summed E-state index contributed by atoms with van der Waals surface area (Å²) in [5.41, 5.74) is 0.806. The molecule has 0 bridgehead atoms. The molecule has 0 saturated carbocycles. The SMILES string of the molecule is COCCN(CCC(=O)OC)c1ccc(F)cc1C#N. The van der Waals surface area contributed by atoms with Gasteiger partial charge in [-0.25, -0.2) is 4.39 Å². The number of hydrogen-bond acceptors (Lipinski definition) is 5. The lowest BCUT2D eigenvalue weighted by molar-refractivity contribution is -0.140. The van der Waals surface area contributed by atoms with Crippen LogP contribution in [0, 0.1) is 17.1 Å². The highest BCUT2D eigenvalue weighted by Crippen LogP contribution is 2.21. The summed E-state index contributed by atoms with van der Waals surface area (Å²) in [5.74, 6) is -0.807. The van der Waals surface area contributed by atoms with Crippen molar-refractivity contribution >= 4 is 11.7 Å². The molecule has 0 aliphatic heterocycles. The van der Waals surface area contributed by atoms with Crippen molar-refractivity contribution in [1.29, 1.82) is 5.26 Å². The van der Waals surface area contributed by atoms with Gasteiger partial charge in [0.05, 0.1) is 31.4 Å². The Bertz CT molecular complexity index is 500. The molecular weight excluding hydrogens is 263 g/mol. The highest BCUT2D eigenvalue weighted by atomic mass is 19.1. The third kappa shape index (κ3) is 4.52. The number of methoxy groups -OCH3 is 2. The maximum Gasteiger partial charge on any atom is 0.307 e. The Morgan fingerprint density at radius 3 is 2.75 bits per heavy atom. The van der Waals surface area contributed by atoms with Gasteiger partial charge in [0, 0.05) is 20.2 Å². The number of nitriles is 1. The Balaban J connectivity index is 2.92. The van der Waals surface area contributed by atoms with E-state index in [1.807, 2.05) is 6.07 Å². The van der Waals surface area contributed by atoms with E-state index in [0.29, 0.717) is 25.4 Å².